The van der Waals surface area contributed by atoms with E-state index in [4.69, 9.17) is 4.42 Å². The van der Waals surface area contributed by atoms with Crippen LogP contribution < -0.4 is 0 Å². The van der Waals surface area contributed by atoms with E-state index in [9.17, 15) is 0 Å². The van der Waals surface area contributed by atoms with Gasteiger partial charge in [-0.25, -0.2) is 4.98 Å². The van der Waals surface area contributed by atoms with Gasteiger partial charge in [0.1, 0.15) is 5.52 Å². The maximum absolute atomic E-state index is 5.90. The molecule has 1 saturated heterocycles. The fraction of sp³-hybridized carbons (Fsp3) is 0.588. The van der Waals surface area contributed by atoms with Crippen molar-refractivity contribution < 1.29 is 4.42 Å². The molecule has 0 spiro atoms. The smallest absolute Gasteiger partial charge is 0.209 e. The van der Waals surface area contributed by atoms with Crippen LogP contribution in [0.1, 0.15) is 44.4 Å². The molecule has 0 N–H and O–H groups in total. The number of fused-ring (bicyclic) bond motifs is 2. The molecule has 106 valence electrons. The number of oxazole rings is 1. The Balaban J connectivity index is 1.54. The summed E-state index contributed by atoms with van der Waals surface area (Å²) in [6.45, 7) is 2.09. The second kappa shape index (κ2) is 5.21. The van der Waals surface area contributed by atoms with Gasteiger partial charge < -0.3 is 4.42 Å². The van der Waals surface area contributed by atoms with Gasteiger partial charge in [-0.05, 0) is 50.3 Å². The molecule has 0 radical (unpaired) electrons. The predicted octanol–water partition coefficient (Wildman–Crippen LogP) is 3.98. The molecule has 1 aromatic carbocycles. The number of benzene rings is 1. The van der Waals surface area contributed by atoms with Gasteiger partial charge in [-0.2, -0.15) is 0 Å². The molecular formula is C17H22N2O. The number of aromatic nitrogens is 1. The summed E-state index contributed by atoms with van der Waals surface area (Å²) in [5.74, 6) is 1.80. The largest absolute Gasteiger partial charge is 0.439 e. The first-order valence-electron chi connectivity index (χ1n) is 7.99. The maximum Gasteiger partial charge on any atom is 0.209 e. The van der Waals surface area contributed by atoms with Gasteiger partial charge in [-0.15, -0.1) is 0 Å². The third-order valence-corrected chi connectivity index (χ3v) is 5.03. The van der Waals surface area contributed by atoms with Gasteiger partial charge in [0, 0.05) is 6.04 Å². The Hall–Kier alpha value is -1.35. The standard InChI is InChI=1S/C17H22N2O/c1-3-9-15-13(6-1)7-5-11-19(15)12-17-18-14-8-2-4-10-16(14)20-17/h2,4,8,10,13,15H,1,3,5-7,9,11-12H2/t13-,15-/m0/s1. The van der Waals surface area contributed by atoms with Gasteiger partial charge >= 0.3 is 0 Å². The highest BCUT2D eigenvalue weighted by molar-refractivity contribution is 5.72. The van der Waals surface area contributed by atoms with Crippen molar-refractivity contribution in [2.24, 2.45) is 5.92 Å². The summed E-state index contributed by atoms with van der Waals surface area (Å²) in [5, 5.41) is 0. The molecule has 4 rings (SSSR count). The first kappa shape index (κ1) is 12.4. The van der Waals surface area contributed by atoms with E-state index in [0.717, 1.165) is 35.5 Å². The Morgan fingerprint density at radius 1 is 1.10 bits per heavy atom. The zero-order valence-electron chi connectivity index (χ0n) is 11.9. The first-order chi connectivity index (χ1) is 9.90. The molecule has 1 aromatic heterocycles. The summed E-state index contributed by atoms with van der Waals surface area (Å²) in [5.41, 5.74) is 1.90. The first-order valence-corrected chi connectivity index (χ1v) is 7.99. The van der Waals surface area contributed by atoms with Crippen molar-refractivity contribution in [2.45, 2.75) is 51.1 Å². The lowest BCUT2D eigenvalue weighted by atomic mass is 9.78. The molecule has 1 aliphatic heterocycles. The Bertz CT molecular complexity index is 556. The zero-order chi connectivity index (χ0) is 13.4. The Labute approximate surface area is 120 Å². The summed E-state index contributed by atoms with van der Waals surface area (Å²) in [6.07, 6.45) is 8.37. The van der Waals surface area contributed by atoms with Crippen molar-refractivity contribution in [3.05, 3.63) is 30.2 Å². The summed E-state index contributed by atoms with van der Waals surface area (Å²) in [7, 11) is 0. The van der Waals surface area contributed by atoms with Gasteiger partial charge in [-0.3, -0.25) is 4.90 Å². The van der Waals surface area contributed by atoms with Crippen molar-refractivity contribution in [3.63, 3.8) is 0 Å². The van der Waals surface area contributed by atoms with E-state index < -0.39 is 0 Å². The van der Waals surface area contributed by atoms with Gasteiger partial charge in [0.2, 0.25) is 5.89 Å². The monoisotopic (exact) mass is 270 g/mol. The quantitative estimate of drug-likeness (QED) is 0.826. The highest BCUT2D eigenvalue weighted by Crippen LogP contribution is 2.36. The highest BCUT2D eigenvalue weighted by Gasteiger charge is 2.33. The second-order valence-corrected chi connectivity index (χ2v) is 6.30. The van der Waals surface area contributed by atoms with Crippen molar-refractivity contribution in [1.29, 1.82) is 0 Å². The molecule has 2 aliphatic rings. The minimum absolute atomic E-state index is 0.771. The van der Waals surface area contributed by atoms with E-state index in [2.05, 4.69) is 9.88 Å². The van der Waals surface area contributed by atoms with Crippen LogP contribution in [0.2, 0.25) is 0 Å². The highest BCUT2D eigenvalue weighted by atomic mass is 16.3. The SMILES string of the molecule is c1ccc2oc(CN3CCC[C@@H]4CCCC[C@@H]43)nc2c1. The van der Waals surface area contributed by atoms with Crippen LogP contribution in [-0.2, 0) is 6.54 Å². The van der Waals surface area contributed by atoms with Crippen LogP contribution in [0.4, 0.5) is 0 Å². The lowest BCUT2D eigenvalue weighted by Crippen LogP contribution is -2.46. The molecule has 20 heavy (non-hydrogen) atoms. The van der Waals surface area contributed by atoms with E-state index in [0.29, 0.717) is 0 Å². The molecule has 3 nitrogen and oxygen atoms in total. The number of para-hydroxylation sites is 2. The number of nitrogens with zero attached hydrogens (tertiary/aromatic N) is 2. The number of hydrogen-bond donors (Lipinski definition) is 0. The van der Waals surface area contributed by atoms with E-state index in [1.165, 1.54) is 45.1 Å². The molecule has 1 aliphatic carbocycles. The average molecular weight is 270 g/mol. The van der Waals surface area contributed by atoms with E-state index in [1.807, 2.05) is 24.3 Å². The van der Waals surface area contributed by atoms with E-state index in [-0.39, 0.29) is 0 Å². The van der Waals surface area contributed by atoms with Crippen LogP contribution in [-0.4, -0.2) is 22.5 Å². The lowest BCUT2D eigenvalue weighted by Gasteiger charge is -2.43. The van der Waals surface area contributed by atoms with Crippen LogP contribution in [0, 0.1) is 5.92 Å². The van der Waals surface area contributed by atoms with Gasteiger partial charge in [0.05, 0.1) is 6.54 Å². The maximum atomic E-state index is 5.90. The second-order valence-electron chi connectivity index (χ2n) is 6.30. The van der Waals surface area contributed by atoms with Crippen LogP contribution in [0.5, 0.6) is 0 Å². The molecule has 0 unspecified atom stereocenters. The summed E-state index contributed by atoms with van der Waals surface area (Å²) in [4.78, 5) is 7.26. The van der Waals surface area contributed by atoms with Crippen LogP contribution in [0.25, 0.3) is 11.1 Å². The summed E-state index contributed by atoms with van der Waals surface area (Å²) in [6, 6.07) is 8.84. The lowest BCUT2D eigenvalue weighted by molar-refractivity contribution is 0.0486. The predicted molar refractivity (Wildman–Crippen MR) is 79.4 cm³/mol. The van der Waals surface area contributed by atoms with Crippen molar-refractivity contribution in [2.75, 3.05) is 6.54 Å². The minimum Gasteiger partial charge on any atom is -0.439 e. The molecule has 1 saturated carbocycles. The Morgan fingerprint density at radius 3 is 2.90 bits per heavy atom. The number of likely N-dealkylation sites (tertiary alicyclic amines) is 1. The van der Waals surface area contributed by atoms with E-state index >= 15 is 0 Å². The number of hydrogen-bond acceptors (Lipinski definition) is 3. The summed E-state index contributed by atoms with van der Waals surface area (Å²) < 4.78 is 5.90. The van der Waals surface area contributed by atoms with Crippen molar-refractivity contribution in [3.8, 4) is 0 Å². The molecule has 2 fully saturated rings. The Kier molecular flexibility index (Phi) is 3.23. The molecule has 0 amide bonds. The third-order valence-electron chi connectivity index (χ3n) is 5.03. The van der Waals surface area contributed by atoms with Gasteiger partial charge in [0.25, 0.3) is 0 Å². The molecule has 2 aromatic rings. The molecule has 3 heteroatoms. The number of rotatable bonds is 2. The Morgan fingerprint density at radius 2 is 1.95 bits per heavy atom. The van der Waals surface area contributed by atoms with Gasteiger partial charge in [-0.1, -0.05) is 25.0 Å². The summed E-state index contributed by atoms with van der Waals surface area (Å²) >= 11 is 0. The van der Waals surface area contributed by atoms with Crippen LogP contribution >= 0.6 is 0 Å². The normalized spacial score (nSPS) is 27.6. The molecule has 0 bridgehead atoms. The van der Waals surface area contributed by atoms with Crippen LogP contribution in [0.15, 0.2) is 28.7 Å². The fourth-order valence-electron chi connectivity index (χ4n) is 4.09. The fourth-order valence-corrected chi connectivity index (χ4v) is 4.09. The van der Waals surface area contributed by atoms with Crippen molar-refractivity contribution >= 4 is 11.1 Å². The van der Waals surface area contributed by atoms with Crippen molar-refractivity contribution in [1.82, 2.24) is 9.88 Å². The number of piperidine rings is 1. The molecule has 2 atom stereocenters. The van der Waals surface area contributed by atoms with E-state index in [1.54, 1.807) is 0 Å². The van der Waals surface area contributed by atoms with Crippen LogP contribution in [0.3, 0.4) is 0 Å². The average Bonchev–Trinajstić information content (AvgIpc) is 2.90. The minimum atomic E-state index is 0.771. The molecular weight excluding hydrogens is 248 g/mol. The topological polar surface area (TPSA) is 29.3 Å². The third kappa shape index (κ3) is 2.24. The molecule has 2 heterocycles. The van der Waals surface area contributed by atoms with Gasteiger partial charge in [0.15, 0.2) is 5.58 Å². The zero-order valence-corrected chi connectivity index (χ0v) is 11.9.